The van der Waals surface area contributed by atoms with E-state index in [9.17, 15) is 10.1 Å². The Labute approximate surface area is 78.5 Å². The minimum Gasteiger partial charge on any atom is -0.235 e. The van der Waals surface area contributed by atoms with Gasteiger partial charge in [-0.25, -0.2) is 10.1 Å². The minimum atomic E-state index is -0.662. The second-order valence-electron chi connectivity index (χ2n) is 2.15. The third kappa shape index (κ3) is 5.47. The number of hydrazine groups is 1. The molecule has 0 N–H and O–H groups in total. The van der Waals surface area contributed by atoms with Gasteiger partial charge in [0.1, 0.15) is 0 Å². The summed E-state index contributed by atoms with van der Waals surface area (Å²) in [5.74, 6) is 0. The summed E-state index contributed by atoms with van der Waals surface area (Å²) in [5.41, 5.74) is 15.9. The molecule has 0 aliphatic rings. The van der Waals surface area contributed by atoms with Crippen LogP contribution < -0.4 is 0 Å². The van der Waals surface area contributed by atoms with Gasteiger partial charge < -0.3 is 0 Å². The molecule has 0 amide bonds. The molecule has 0 saturated carbocycles. The van der Waals surface area contributed by atoms with E-state index < -0.39 is 5.03 Å². The molecule has 10 nitrogen and oxygen atoms in total. The van der Waals surface area contributed by atoms with Gasteiger partial charge in [-0.3, -0.25) is 0 Å². The molecule has 0 heterocycles. The number of hydrogen-bond donors (Lipinski definition) is 0. The molecule has 0 rings (SSSR count). The van der Waals surface area contributed by atoms with Crippen LogP contribution in [0, 0.1) is 10.1 Å². The molecule has 0 bridgehead atoms. The fourth-order valence-corrected chi connectivity index (χ4v) is 0.674. The van der Waals surface area contributed by atoms with Gasteiger partial charge in [-0.15, -0.1) is 5.01 Å². The van der Waals surface area contributed by atoms with E-state index in [0.717, 1.165) is 5.01 Å². The average molecular weight is 200 g/mol. The summed E-state index contributed by atoms with van der Waals surface area (Å²) >= 11 is 0. The molecule has 0 fully saturated rings. The van der Waals surface area contributed by atoms with Crippen molar-refractivity contribution in [2.75, 3.05) is 19.8 Å². The third-order valence-corrected chi connectivity index (χ3v) is 1.26. The second-order valence-corrected chi connectivity index (χ2v) is 2.15. The van der Waals surface area contributed by atoms with Gasteiger partial charge in [0.05, 0.1) is 6.54 Å². The zero-order chi connectivity index (χ0) is 10.8. The van der Waals surface area contributed by atoms with Crippen LogP contribution in [0.25, 0.3) is 20.9 Å². The Kier molecular flexibility index (Phi) is 6.31. The van der Waals surface area contributed by atoms with Gasteiger partial charge in [-0.1, -0.05) is 10.2 Å². The Hall–Kier alpha value is -2.18. The lowest BCUT2D eigenvalue weighted by Gasteiger charge is -2.09. The van der Waals surface area contributed by atoms with E-state index in [4.69, 9.17) is 11.1 Å². The summed E-state index contributed by atoms with van der Waals surface area (Å²) in [6.45, 7) is -0.0814. The van der Waals surface area contributed by atoms with Gasteiger partial charge in [0, 0.05) is 16.4 Å². The van der Waals surface area contributed by atoms with Crippen molar-refractivity contribution in [3.8, 4) is 0 Å². The summed E-state index contributed by atoms with van der Waals surface area (Å²) in [5, 5.41) is 16.7. The fraction of sp³-hybridized carbons (Fsp3) is 1.00. The van der Waals surface area contributed by atoms with Crippen LogP contribution in [0.1, 0.15) is 6.42 Å². The van der Waals surface area contributed by atoms with E-state index in [0.29, 0.717) is 6.42 Å². The molecule has 0 saturated heterocycles. The molecule has 0 aliphatic heterocycles. The summed E-state index contributed by atoms with van der Waals surface area (Å²) < 4.78 is 0. The van der Waals surface area contributed by atoms with Gasteiger partial charge >= 0.3 is 0 Å². The van der Waals surface area contributed by atoms with E-state index in [1.807, 2.05) is 0 Å². The van der Waals surface area contributed by atoms with Crippen LogP contribution >= 0.6 is 0 Å². The van der Waals surface area contributed by atoms with E-state index in [-0.39, 0.29) is 19.8 Å². The maximum atomic E-state index is 10.3. The van der Waals surface area contributed by atoms with Crippen molar-refractivity contribution >= 4 is 0 Å². The topological polar surface area (TPSA) is 144 Å². The first kappa shape index (κ1) is 11.8. The molecule has 0 aromatic heterocycles. The molecule has 0 unspecified atom stereocenters. The van der Waals surface area contributed by atoms with Crippen molar-refractivity contribution in [3.05, 3.63) is 31.0 Å². The van der Waals surface area contributed by atoms with Crippen molar-refractivity contribution in [2.24, 2.45) is 10.2 Å². The monoisotopic (exact) mass is 200 g/mol. The summed E-state index contributed by atoms with van der Waals surface area (Å²) in [6.07, 6.45) is 0.339. The summed E-state index contributed by atoms with van der Waals surface area (Å²) in [7, 11) is 0. The van der Waals surface area contributed by atoms with E-state index >= 15 is 0 Å². The van der Waals surface area contributed by atoms with Gasteiger partial charge in [-0.2, -0.15) is 0 Å². The second kappa shape index (κ2) is 7.47. The van der Waals surface area contributed by atoms with Crippen molar-refractivity contribution in [1.29, 1.82) is 0 Å². The molecule has 76 valence electrons. The highest BCUT2D eigenvalue weighted by atomic mass is 16.7. The number of nitrogens with zero attached hydrogens (tertiary/aromatic N) is 8. The fourth-order valence-electron chi connectivity index (χ4n) is 0.674. The van der Waals surface area contributed by atoms with Crippen LogP contribution in [0.2, 0.25) is 0 Å². The van der Waals surface area contributed by atoms with E-state index in [1.165, 1.54) is 0 Å². The largest absolute Gasteiger partial charge is 0.235 e. The van der Waals surface area contributed by atoms with Crippen molar-refractivity contribution in [1.82, 2.24) is 5.01 Å². The predicted molar refractivity (Wildman–Crippen MR) is 46.3 cm³/mol. The molecule has 0 aliphatic carbocycles. The van der Waals surface area contributed by atoms with Crippen molar-refractivity contribution in [3.63, 3.8) is 0 Å². The van der Waals surface area contributed by atoms with Crippen LogP contribution in [-0.2, 0) is 0 Å². The number of nitro groups is 1. The Morgan fingerprint density at radius 2 is 2.00 bits per heavy atom. The maximum absolute atomic E-state index is 10.3. The molecule has 0 aromatic carbocycles. The average Bonchev–Trinajstić information content (AvgIpc) is 2.16. The Morgan fingerprint density at radius 3 is 2.50 bits per heavy atom. The van der Waals surface area contributed by atoms with Gasteiger partial charge in [0.2, 0.25) is 0 Å². The first-order valence-corrected chi connectivity index (χ1v) is 3.63. The molecule has 0 atom stereocenters. The molecule has 0 radical (unpaired) electrons. The number of azide groups is 2. The molecule has 10 heteroatoms. The quantitative estimate of drug-likeness (QED) is 0.153. The lowest BCUT2D eigenvalue weighted by Crippen LogP contribution is -2.31. The molecular weight excluding hydrogens is 192 g/mol. The first-order valence-electron chi connectivity index (χ1n) is 3.63. The number of rotatable bonds is 7. The predicted octanol–water partition coefficient (Wildman–Crippen LogP) is 1.45. The van der Waals surface area contributed by atoms with Gasteiger partial charge in [0.15, 0.2) is 11.7 Å². The standard InChI is InChI=1S/C4H8N8O2/c5-9-7-2-1-3-11(12(13)14)4-8-10-6/h1-4H2. The smallest absolute Gasteiger partial charge is 0.160 e. The SMILES string of the molecule is [N-]=[N+]=NCCCN(CN=[N+]=[N-])[N+](=O)[O-]. The number of hydrogen-bond acceptors (Lipinski definition) is 4. The van der Waals surface area contributed by atoms with Crippen molar-refractivity contribution < 1.29 is 5.03 Å². The third-order valence-electron chi connectivity index (χ3n) is 1.26. The van der Waals surface area contributed by atoms with E-state index in [1.54, 1.807) is 0 Å². The Balaban J connectivity index is 3.90. The zero-order valence-corrected chi connectivity index (χ0v) is 7.22. The first-order chi connectivity index (χ1) is 6.72. The van der Waals surface area contributed by atoms with E-state index in [2.05, 4.69) is 20.1 Å². The summed E-state index contributed by atoms with van der Waals surface area (Å²) in [4.78, 5) is 15.2. The zero-order valence-electron chi connectivity index (χ0n) is 7.22. The Bertz CT molecular complexity index is 277. The maximum Gasteiger partial charge on any atom is 0.160 e. The van der Waals surface area contributed by atoms with Crippen LogP contribution in [-0.4, -0.2) is 29.8 Å². The van der Waals surface area contributed by atoms with Crippen LogP contribution in [0.5, 0.6) is 0 Å². The highest BCUT2D eigenvalue weighted by molar-refractivity contribution is 4.51. The lowest BCUT2D eigenvalue weighted by atomic mass is 10.4. The van der Waals surface area contributed by atoms with Gasteiger partial charge in [0.25, 0.3) is 0 Å². The highest BCUT2D eigenvalue weighted by Crippen LogP contribution is 1.93. The molecule has 0 spiro atoms. The normalized spacial score (nSPS) is 8.29. The molecule has 0 aromatic rings. The van der Waals surface area contributed by atoms with Crippen molar-refractivity contribution in [2.45, 2.75) is 6.42 Å². The minimum absolute atomic E-state index is 0.0744. The highest BCUT2D eigenvalue weighted by Gasteiger charge is 2.10. The van der Waals surface area contributed by atoms with Crippen LogP contribution in [0.15, 0.2) is 10.2 Å². The molecule has 14 heavy (non-hydrogen) atoms. The van der Waals surface area contributed by atoms with Crippen LogP contribution in [0.3, 0.4) is 0 Å². The van der Waals surface area contributed by atoms with Gasteiger partial charge in [-0.05, 0) is 17.5 Å². The lowest BCUT2D eigenvalue weighted by molar-refractivity contribution is -0.655. The summed E-state index contributed by atoms with van der Waals surface area (Å²) in [6, 6.07) is 0. The Morgan fingerprint density at radius 1 is 1.36 bits per heavy atom. The molecular formula is C4H8N8O2. The van der Waals surface area contributed by atoms with Crippen LogP contribution in [0.4, 0.5) is 0 Å².